The van der Waals surface area contributed by atoms with E-state index in [1.165, 1.54) is 0 Å². The number of rotatable bonds is 3. The first-order valence-corrected chi connectivity index (χ1v) is 5.03. The molecule has 1 aromatic heterocycles. The molecule has 0 spiro atoms. The maximum Gasteiger partial charge on any atom is 0.377 e. The van der Waals surface area contributed by atoms with Crippen LogP contribution in [0, 0.1) is 0 Å². The second-order valence-electron chi connectivity index (χ2n) is 3.83. The summed E-state index contributed by atoms with van der Waals surface area (Å²) in [6.45, 7) is 1.49. The molecule has 0 aliphatic carbocycles. The third kappa shape index (κ3) is 1.79. The summed E-state index contributed by atoms with van der Waals surface area (Å²) in [7, 11) is 0. The first-order chi connectivity index (χ1) is 7.68. The van der Waals surface area contributed by atoms with E-state index in [0.717, 1.165) is 0 Å². The van der Waals surface area contributed by atoms with Gasteiger partial charge in [-0.1, -0.05) is 0 Å². The minimum Gasteiger partial charge on any atom is -0.475 e. The van der Waals surface area contributed by atoms with E-state index in [1.807, 2.05) is 0 Å². The third-order valence-electron chi connectivity index (χ3n) is 2.91. The Hall–Kier alpha value is -1.47. The molecule has 0 atom stereocenters. The summed E-state index contributed by atoms with van der Waals surface area (Å²) in [6.07, 6.45) is 1.34. The Morgan fingerprint density at radius 1 is 1.50 bits per heavy atom. The van der Waals surface area contributed by atoms with Crippen LogP contribution < -0.4 is 5.73 Å². The summed E-state index contributed by atoms with van der Waals surface area (Å²) in [4.78, 5) is 14.5. The van der Waals surface area contributed by atoms with Crippen molar-refractivity contribution in [3.05, 3.63) is 11.7 Å². The number of carboxylic acids is 1. The molecule has 1 aromatic rings. The number of nitrogens with zero attached hydrogens (tertiary/aromatic N) is 2. The molecule has 7 nitrogen and oxygen atoms in total. The second kappa shape index (κ2) is 4.18. The Labute approximate surface area is 91.6 Å². The molecule has 88 valence electrons. The Morgan fingerprint density at radius 3 is 2.69 bits per heavy atom. The maximum atomic E-state index is 10.6. The summed E-state index contributed by atoms with van der Waals surface area (Å²) in [5.74, 6) is -1.22. The van der Waals surface area contributed by atoms with E-state index in [4.69, 9.17) is 20.1 Å². The van der Waals surface area contributed by atoms with E-state index >= 15 is 0 Å². The SMILES string of the molecule is NCC1(c2nc(C(=O)O)no2)CCOCC1. The number of hydrogen-bond acceptors (Lipinski definition) is 6. The highest BCUT2D eigenvalue weighted by atomic mass is 16.5. The molecule has 0 radical (unpaired) electrons. The van der Waals surface area contributed by atoms with Crippen LogP contribution in [0.25, 0.3) is 0 Å². The van der Waals surface area contributed by atoms with Crippen LogP contribution in [0.5, 0.6) is 0 Å². The van der Waals surface area contributed by atoms with Crippen LogP contribution in [0.2, 0.25) is 0 Å². The van der Waals surface area contributed by atoms with Crippen molar-refractivity contribution in [1.29, 1.82) is 0 Å². The molecule has 0 bridgehead atoms. The number of hydrogen-bond donors (Lipinski definition) is 2. The van der Waals surface area contributed by atoms with Gasteiger partial charge in [-0.2, -0.15) is 4.98 Å². The van der Waals surface area contributed by atoms with Crippen molar-refractivity contribution in [1.82, 2.24) is 10.1 Å². The van der Waals surface area contributed by atoms with Gasteiger partial charge in [-0.15, -0.1) is 0 Å². The van der Waals surface area contributed by atoms with Crippen molar-refractivity contribution < 1.29 is 19.2 Å². The zero-order valence-corrected chi connectivity index (χ0v) is 8.68. The molecule has 0 saturated carbocycles. The van der Waals surface area contributed by atoms with Gasteiger partial charge < -0.3 is 20.1 Å². The van der Waals surface area contributed by atoms with E-state index in [0.29, 0.717) is 38.5 Å². The minimum absolute atomic E-state index is 0.302. The average Bonchev–Trinajstić information content (AvgIpc) is 2.80. The van der Waals surface area contributed by atoms with Crippen molar-refractivity contribution in [2.24, 2.45) is 5.73 Å². The lowest BCUT2D eigenvalue weighted by Crippen LogP contribution is -2.41. The maximum absolute atomic E-state index is 10.6. The monoisotopic (exact) mass is 227 g/mol. The number of aromatic nitrogens is 2. The van der Waals surface area contributed by atoms with Crippen LogP contribution in [-0.2, 0) is 10.2 Å². The third-order valence-corrected chi connectivity index (χ3v) is 2.91. The van der Waals surface area contributed by atoms with Crippen LogP contribution in [0.15, 0.2) is 4.52 Å². The molecular weight excluding hydrogens is 214 g/mol. The van der Waals surface area contributed by atoms with Gasteiger partial charge in [0.25, 0.3) is 5.82 Å². The van der Waals surface area contributed by atoms with Gasteiger partial charge in [0.05, 0.1) is 5.41 Å². The van der Waals surface area contributed by atoms with Gasteiger partial charge in [-0.3, -0.25) is 0 Å². The van der Waals surface area contributed by atoms with Crippen LogP contribution in [0.4, 0.5) is 0 Å². The normalized spacial score (nSPS) is 19.6. The number of nitrogens with two attached hydrogens (primary N) is 1. The van der Waals surface area contributed by atoms with Crippen LogP contribution >= 0.6 is 0 Å². The number of aromatic carboxylic acids is 1. The molecule has 2 rings (SSSR count). The number of carbonyl (C=O) groups is 1. The highest BCUT2D eigenvalue weighted by molar-refractivity contribution is 5.82. The lowest BCUT2D eigenvalue weighted by atomic mass is 9.80. The molecule has 1 saturated heterocycles. The molecule has 3 N–H and O–H groups in total. The predicted octanol–water partition coefficient (Wildman–Crippen LogP) is -0.225. The largest absolute Gasteiger partial charge is 0.475 e. The highest BCUT2D eigenvalue weighted by Gasteiger charge is 2.39. The van der Waals surface area contributed by atoms with Gasteiger partial charge in [-0.25, -0.2) is 4.79 Å². The Balaban J connectivity index is 2.28. The van der Waals surface area contributed by atoms with Crippen molar-refractivity contribution in [2.45, 2.75) is 18.3 Å². The first-order valence-electron chi connectivity index (χ1n) is 5.03. The molecule has 1 fully saturated rings. The zero-order chi connectivity index (χ0) is 11.6. The fourth-order valence-electron chi connectivity index (χ4n) is 1.79. The topological polar surface area (TPSA) is 111 Å². The Morgan fingerprint density at radius 2 is 2.19 bits per heavy atom. The quantitative estimate of drug-likeness (QED) is 0.733. The summed E-state index contributed by atoms with van der Waals surface area (Å²) < 4.78 is 10.2. The summed E-state index contributed by atoms with van der Waals surface area (Å²) in [5, 5.41) is 12.1. The van der Waals surface area contributed by atoms with Gasteiger partial charge in [-0.05, 0) is 18.0 Å². The zero-order valence-electron chi connectivity index (χ0n) is 8.68. The van der Waals surface area contributed by atoms with Gasteiger partial charge in [0, 0.05) is 19.8 Å². The lowest BCUT2D eigenvalue weighted by molar-refractivity contribution is 0.0408. The summed E-state index contributed by atoms with van der Waals surface area (Å²) >= 11 is 0. The van der Waals surface area contributed by atoms with Crippen molar-refractivity contribution in [2.75, 3.05) is 19.8 Å². The molecule has 7 heteroatoms. The molecule has 0 unspecified atom stereocenters. The van der Waals surface area contributed by atoms with Gasteiger partial charge in [0.15, 0.2) is 0 Å². The Bertz CT molecular complexity index is 384. The summed E-state index contributed by atoms with van der Waals surface area (Å²) in [6, 6.07) is 0. The molecule has 1 aliphatic rings. The fraction of sp³-hybridized carbons (Fsp3) is 0.667. The number of carboxylic acid groups (broad SMARTS) is 1. The van der Waals surface area contributed by atoms with Crippen molar-refractivity contribution in [3.8, 4) is 0 Å². The molecule has 1 aliphatic heterocycles. The van der Waals surface area contributed by atoms with Crippen molar-refractivity contribution >= 4 is 5.97 Å². The number of ether oxygens (including phenoxy) is 1. The average molecular weight is 227 g/mol. The predicted molar refractivity (Wildman–Crippen MR) is 52.0 cm³/mol. The van der Waals surface area contributed by atoms with Crippen LogP contribution in [0.1, 0.15) is 29.4 Å². The lowest BCUT2D eigenvalue weighted by Gasteiger charge is -2.32. The van der Waals surface area contributed by atoms with Gasteiger partial charge in [0.1, 0.15) is 0 Å². The first kappa shape index (κ1) is 11.0. The van der Waals surface area contributed by atoms with Gasteiger partial charge in [0.2, 0.25) is 5.89 Å². The van der Waals surface area contributed by atoms with Crippen LogP contribution in [0.3, 0.4) is 0 Å². The van der Waals surface area contributed by atoms with Crippen molar-refractivity contribution in [3.63, 3.8) is 0 Å². The fourth-order valence-corrected chi connectivity index (χ4v) is 1.79. The van der Waals surface area contributed by atoms with E-state index in [9.17, 15) is 4.79 Å². The smallest absolute Gasteiger partial charge is 0.377 e. The minimum atomic E-state index is -1.20. The van der Waals surface area contributed by atoms with Gasteiger partial charge >= 0.3 is 5.97 Å². The molecule has 16 heavy (non-hydrogen) atoms. The molecular formula is C9H13N3O4. The van der Waals surface area contributed by atoms with E-state index in [2.05, 4.69) is 10.1 Å². The highest BCUT2D eigenvalue weighted by Crippen LogP contribution is 2.32. The van der Waals surface area contributed by atoms with E-state index < -0.39 is 11.4 Å². The molecule has 0 amide bonds. The van der Waals surface area contributed by atoms with E-state index in [-0.39, 0.29) is 5.82 Å². The standard InChI is InChI=1S/C9H13N3O4/c10-5-9(1-3-15-4-2-9)8-11-6(7(13)14)12-16-8/h1-5,10H2,(H,13,14). The van der Waals surface area contributed by atoms with E-state index in [1.54, 1.807) is 0 Å². The molecule has 0 aromatic carbocycles. The second-order valence-corrected chi connectivity index (χ2v) is 3.83. The summed E-state index contributed by atoms with van der Waals surface area (Å²) in [5.41, 5.74) is 5.29. The molecule has 2 heterocycles. The Kier molecular flexibility index (Phi) is 2.88. The van der Waals surface area contributed by atoms with Crippen LogP contribution in [-0.4, -0.2) is 41.0 Å².